The van der Waals surface area contributed by atoms with Gasteiger partial charge in [0.2, 0.25) is 0 Å². The summed E-state index contributed by atoms with van der Waals surface area (Å²) in [5.41, 5.74) is 4.16. The zero-order valence-electron chi connectivity index (χ0n) is 12.3. The van der Waals surface area contributed by atoms with Crippen LogP contribution >= 0.6 is 0 Å². The molecule has 0 aliphatic carbocycles. The van der Waals surface area contributed by atoms with E-state index < -0.39 is 0 Å². The number of Topliss-reactive ketones (excluding diaryl/α,β-unsaturated/α-hetero) is 1. The van der Waals surface area contributed by atoms with Gasteiger partial charge in [-0.2, -0.15) is 0 Å². The first-order chi connectivity index (χ1) is 10.8. The maximum absolute atomic E-state index is 11.7. The molecular formula is C20H15NO. The van der Waals surface area contributed by atoms with Crippen molar-refractivity contribution in [1.29, 1.82) is 0 Å². The number of rotatable bonds is 2. The summed E-state index contributed by atoms with van der Waals surface area (Å²) in [5, 5.41) is 2.29. The van der Waals surface area contributed by atoms with Gasteiger partial charge in [-0.05, 0) is 43.3 Å². The van der Waals surface area contributed by atoms with Crippen molar-refractivity contribution in [3.8, 4) is 5.69 Å². The molecule has 0 saturated carbocycles. The van der Waals surface area contributed by atoms with Crippen molar-refractivity contribution < 1.29 is 4.79 Å². The minimum Gasteiger partial charge on any atom is -0.309 e. The molecule has 0 bridgehead atoms. The lowest BCUT2D eigenvalue weighted by atomic mass is 10.1. The third kappa shape index (κ3) is 1.85. The van der Waals surface area contributed by atoms with E-state index in [9.17, 15) is 4.79 Å². The highest BCUT2D eigenvalue weighted by molar-refractivity contribution is 6.11. The Kier molecular flexibility index (Phi) is 2.83. The van der Waals surface area contributed by atoms with Gasteiger partial charge in [-0.3, -0.25) is 4.79 Å². The quantitative estimate of drug-likeness (QED) is 0.476. The number of hydrogen-bond donors (Lipinski definition) is 0. The molecule has 0 radical (unpaired) electrons. The van der Waals surface area contributed by atoms with Gasteiger partial charge in [-0.25, -0.2) is 0 Å². The normalized spacial score (nSPS) is 11.1. The number of benzene rings is 3. The van der Waals surface area contributed by atoms with Crippen LogP contribution in [0.15, 0.2) is 72.8 Å². The lowest BCUT2D eigenvalue weighted by molar-refractivity contribution is 0.101. The monoisotopic (exact) mass is 285 g/mol. The molecule has 1 aromatic heterocycles. The minimum absolute atomic E-state index is 0.0958. The van der Waals surface area contributed by atoms with Crippen molar-refractivity contribution in [3.05, 3.63) is 78.4 Å². The first-order valence-electron chi connectivity index (χ1n) is 7.35. The lowest BCUT2D eigenvalue weighted by Crippen LogP contribution is -1.94. The zero-order chi connectivity index (χ0) is 15.1. The molecule has 0 fully saturated rings. The standard InChI is InChI=1S/C20H15NO/c1-14(22)15-11-12-20-18(13-15)17-9-5-6-10-19(17)21(20)16-7-3-2-4-8-16/h2-13H,1H3. The highest BCUT2D eigenvalue weighted by Gasteiger charge is 2.12. The number of para-hydroxylation sites is 2. The molecule has 2 nitrogen and oxygen atoms in total. The average Bonchev–Trinajstić information content (AvgIpc) is 2.89. The molecule has 4 aromatic rings. The average molecular weight is 285 g/mol. The number of ketones is 1. The fourth-order valence-corrected chi connectivity index (χ4v) is 3.05. The van der Waals surface area contributed by atoms with E-state index in [1.807, 2.05) is 48.5 Å². The third-order valence-corrected chi connectivity index (χ3v) is 4.09. The van der Waals surface area contributed by atoms with Crippen LogP contribution in [0.2, 0.25) is 0 Å². The van der Waals surface area contributed by atoms with Crippen LogP contribution in [-0.4, -0.2) is 10.4 Å². The smallest absolute Gasteiger partial charge is 0.159 e. The van der Waals surface area contributed by atoms with Crippen LogP contribution in [0.5, 0.6) is 0 Å². The summed E-state index contributed by atoms with van der Waals surface area (Å²) in [5.74, 6) is 0.0958. The molecule has 0 aliphatic rings. The van der Waals surface area contributed by atoms with Crippen LogP contribution in [0.1, 0.15) is 17.3 Å². The molecule has 0 amide bonds. The fourth-order valence-electron chi connectivity index (χ4n) is 3.05. The first kappa shape index (κ1) is 12.8. The number of carbonyl (C=O) groups excluding carboxylic acids is 1. The lowest BCUT2D eigenvalue weighted by Gasteiger charge is -2.07. The number of nitrogens with zero attached hydrogens (tertiary/aromatic N) is 1. The predicted molar refractivity (Wildman–Crippen MR) is 90.8 cm³/mol. The topological polar surface area (TPSA) is 22.0 Å². The summed E-state index contributed by atoms with van der Waals surface area (Å²) in [4.78, 5) is 11.7. The Hall–Kier alpha value is -2.87. The molecule has 106 valence electrons. The molecule has 2 heteroatoms. The summed E-state index contributed by atoms with van der Waals surface area (Å²) < 4.78 is 2.24. The van der Waals surface area contributed by atoms with Crippen molar-refractivity contribution in [2.45, 2.75) is 6.92 Å². The van der Waals surface area contributed by atoms with Crippen molar-refractivity contribution in [2.24, 2.45) is 0 Å². The summed E-state index contributed by atoms with van der Waals surface area (Å²) in [7, 11) is 0. The molecule has 0 spiro atoms. The second-order valence-corrected chi connectivity index (χ2v) is 5.48. The van der Waals surface area contributed by atoms with E-state index in [4.69, 9.17) is 0 Å². The molecule has 0 saturated heterocycles. The molecule has 0 aliphatic heterocycles. The van der Waals surface area contributed by atoms with Gasteiger partial charge >= 0.3 is 0 Å². The van der Waals surface area contributed by atoms with E-state index in [2.05, 4.69) is 28.8 Å². The molecule has 4 rings (SSSR count). The number of aromatic nitrogens is 1. The third-order valence-electron chi connectivity index (χ3n) is 4.09. The Labute approximate surface area is 128 Å². The Balaban J connectivity index is 2.17. The molecule has 0 atom stereocenters. The van der Waals surface area contributed by atoms with Gasteiger partial charge in [-0.15, -0.1) is 0 Å². The van der Waals surface area contributed by atoms with Gasteiger partial charge in [0.25, 0.3) is 0 Å². The van der Waals surface area contributed by atoms with Crippen LogP contribution in [0, 0.1) is 0 Å². The van der Waals surface area contributed by atoms with Crippen molar-refractivity contribution in [3.63, 3.8) is 0 Å². The summed E-state index contributed by atoms with van der Waals surface area (Å²) >= 11 is 0. The molecule has 1 heterocycles. The van der Waals surface area contributed by atoms with Crippen molar-refractivity contribution >= 4 is 27.6 Å². The number of carbonyl (C=O) groups is 1. The predicted octanol–water partition coefficient (Wildman–Crippen LogP) is 4.99. The summed E-state index contributed by atoms with van der Waals surface area (Å²) in [6, 6.07) is 24.6. The number of fused-ring (bicyclic) bond motifs is 3. The van der Waals surface area contributed by atoms with E-state index in [0.29, 0.717) is 0 Å². The van der Waals surface area contributed by atoms with E-state index in [1.165, 1.54) is 5.39 Å². The van der Waals surface area contributed by atoms with Crippen LogP contribution in [0.25, 0.3) is 27.5 Å². The Morgan fingerprint density at radius 1 is 0.773 bits per heavy atom. The maximum Gasteiger partial charge on any atom is 0.159 e. The second kappa shape index (κ2) is 4.85. The first-order valence-corrected chi connectivity index (χ1v) is 7.35. The molecule has 0 N–H and O–H groups in total. The SMILES string of the molecule is CC(=O)c1ccc2c(c1)c1ccccc1n2-c1ccccc1. The van der Waals surface area contributed by atoms with E-state index >= 15 is 0 Å². The highest BCUT2D eigenvalue weighted by Crippen LogP contribution is 2.32. The highest BCUT2D eigenvalue weighted by atomic mass is 16.1. The van der Waals surface area contributed by atoms with E-state index in [0.717, 1.165) is 27.7 Å². The molecule has 22 heavy (non-hydrogen) atoms. The Morgan fingerprint density at radius 3 is 2.23 bits per heavy atom. The van der Waals surface area contributed by atoms with Gasteiger partial charge < -0.3 is 4.57 Å². The van der Waals surface area contributed by atoms with Gasteiger partial charge in [0.1, 0.15) is 0 Å². The van der Waals surface area contributed by atoms with Crippen LogP contribution < -0.4 is 0 Å². The summed E-state index contributed by atoms with van der Waals surface area (Å²) in [6.07, 6.45) is 0. The van der Waals surface area contributed by atoms with Crippen LogP contribution in [0.3, 0.4) is 0 Å². The van der Waals surface area contributed by atoms with Gasteiger partial charge in [0.05, 0.1) is 11.0 Å². The van der Waals surface area contributed by atoms with Gasteiger partial charge in [-0.1, -0.05) is 36.4 Å². The fraction of sp³-hybridized carbons (Fsp3) is 0.0500. The number of hydrogen-bond acceptors (Lipinski definition) is 1. The van der Waals surface area contributed by atoms with Gasteiger partial charge in [0, 0.05) is 22.0 Å². The van der Waals surface area contributed by atoms with Gasteiger partial charge in [0.15, 0.2) is 5.78 Å². The largest absolute Gasteiger partial charge is 0.309 e. The molecule has 0 unspecified atom stereocenters. The van der Waals surface area contributed by atoms with E-state index in [-0.39, 0.29) is 5.78 Å². The van der Waals surface area contributed by atoms with Crippen LogP contribution in [-0.2, 0) is 0 Å². The zero-order valence-corrected chi connectivity index (χ0v) is 12.3. The minimum atomic E-state index is 0.0958. The van der Waals surface area contributed by atoms with Crippen molar-refractivity contribution in [2.75, 3.05) is 0 Å². The second-order valence-electron chi connectivity index (χ2n) is 5.48. The van der Waals surface area contributed by atoms with Crippen LogP contribution in [0.4, 0.5) is 0 Å². The Bertz CT molecular complexity index is 996. The van der Waals surface area contributed by atoms with Crippen molar-refractivity contribution in [1.82, 2.24) is 4.57 Å². The van der Waals surface area contributed by atoms with E-state index in [1.54, 1.807) is 6.92 Å². The molecule has 3 aromatic carbocycles. The maximum atomic E-state index is 11.7. The molecular weight excluding hydrogens is 270 g/mol. The summed E-state index contributed by atoms with van der Waals surface area (Å²) in [6.45, 7) is 1.61. The Morgan fingerprint density at radius 2 is 1.45 bits per heavy atom.